The minimum Gasteiger partial charge on any atom is -0.387 e. The highest BCUT2D eigenvalue weighted by atomic mass is 16.5. The Labute approximate surface area is 158 Å². The molecular weight excluding hydrogens is 340 g/mol. The third kappa shape index (κ3) is 3.40. The molecule has 0 saturated carbocycles. The highest BCUT2D eigenvalue weighted by Gasteiger charge is 2.25. The lowest BCUT2D eigenvalue weighted by Crippen LogP contribution is -2.35. The van der Waals surface area contributed by atoms with Crippen LogP contribution in [-0.2, 0) is 9.53 Å². The van der Waals surface area contributed by atoms with Crippen LogP contribution in [0.25, 0.3) is 16.9 Å². The molecule has 6 heteroatoms. The van der Waals surface area contributed by atoms with E-state index in [0.29, 0.717) is 13.2 Å². The summed E-state index contributed by atoms with van der Waals surface area (Å²) >= 11 is 0. The van der Waals surface area contributed by atoms with Gasteiger partial charge in [-0.3, -0.25) is 9.20 Å². The zero-order valence-electron chi connectivity index (χ0n) is 15.7. The molecule has 1 N–H and O–H groups in total. The first kappa shape index (κ1) is 17.5. The van der Waals surface area contributed by atoms with E-state index in [4.69, 9.17) is 4.74 Å². The Kier molecular flexibility index (Phi) is 4.81. The molecule has 3 aromatic rings. The molecule has 6 nitrogen and oxygen atoms in total. The first-order chi connectivity index (χ1) is 13.2. The van der Waals surface area contributed by atoms with E-state index < -0.39 is 0 Å². The first-order valence-electron chi connectivity index (χ1n) is 9.28. The van der Waals surface area contributed by atoms with Gasteiger partial charge in [0.2, 0.25) is 5.91 Å². The number of hydrogen-bond donors (Lipinski definition) is 1. The zero-order chi connectivity index (χ0) is 18.8. The molecule has 0 radical (unpaired) electrons. The van der Waals surface area contributed by atoms with E-state index in [0.717, 1.165) is 41.1 Å². The van der Waals surface area contributed by atoms with E-state index in [-0.39, 0.29) is 11.8 Å². The summed E-state index contributed by atoms with van der Waals surface area (Å²) < 4.78 is 7.44. The monoisotopic (exact) mass is 364 g/mol. The summed E-state index contributed by atoms with van der Waals surface area (Å²) in [6.07, 6.45) is 5.49. The maximum absolute atomic E-state index is 12.8. The Hall–Kier alpha value is -2.86. The fourth-order valence-corrected chi connectivity index (χ4v) is 3.56. The Morgan fingerprint density at radius 1 is 1.26 bits per heavy atom. The van der Waals surface area contributed by atoms with Crippen molar-refractivity contribution in [3.8, 4) is 11.3 Å². The molecule has 1 saturated heterocycles. The lowest BCUT2D eigenvalue weighted by molar-refractivity contribution is -0.124. The number of carbonyl (C=O) groups is 1. The van der Waals surface area contributed by atoms with E-state index in [1.54, 1.807) is 4.90 Å². The SMILES string of the molecule is CNc1ccc2ncc(-c3cccc(N(C)C(=O)C4CCOCC4)c3)n2c1. The van der Waals surface area contributed by atoms with Crippen molar-refractivity contribution in [2.24, 2.45) is 5.92 Å². The van der Waals surface area contributed by atoms with Crippen LogP contribution in [0.1, 0.15) is 12.8 Å². The predicted molar refractivity (Wildman–Crippen MR) is 107 cm³/mol. The predicted octanol–water partition coefficient (Wildman–Crippen LogP) is 3.43. The number of hydrogen-bond acceptors (Lipinski definition) is 4. The summed E-state index contributed by atoms with van der Waals surface area (Å²) in [6.45, 7) is 1.33. The van der Waals surface area contributed by atoms with Gasteiger partial charge in [0.1, 0.15) is 5.65 Å². The molecule has 1 aliphatic rings. The molecule has 0 bridgehead atoms. The van der Waals surface area contributed by atoms with Crippen molar-refractivity contribution in [2.45, 2.75) is 12.8 Å². The van der Waals surface area contributed by atoms with E-state index in [2.05, 4.69) is 14.7 Å². The molecule has 0 unspecified atom stereocenters. The quantitative estimate of drug-likeness (QED) is 0.771. The Balaban J connectivity index is 1.65. The largest absolute Gasteiger partial charge is 0.387 e. The van der Waals surface area contributed by atoms with Gasteiger partial charge in [0, 0.05) is 50.7 Å². The van der Waals surface area contributed by atoms with Gasteiger partial charge in [0.25, 0.3) is 0 Å². The lowest BCUT2D eigenvalue weighted by Gasteiger charge is -2.26. The topological polar surface area (TPSA) is 58.9 Å². The molecule has 1 amide bonds. The summed E-state index contributed by atoms with van der Waals surface area (Å²) in [5.41, 5.74) is 4.82. The summed E-state index contributed by atoms with van der Waals surface area (Å²) in [7, 11) is 3.75. The van der Waals surface area contributed by atoms with Crippen LogP contribution in [0.15, 0.2) is 48.8 Å². The van der Waals surface area contributed by atoms with Crippen LogP contribution in [0, 0.1) is 5.92 Å². The highest BCUT2D eigenvalue weighted by molar-refractivity contribution is 5.95. The van der Waals surface area contributed by atoms with Crippen LogP contribution in [-0.4, -0.2) is 42.6 Å². The molecule has 3 heterocycles. The molecule has 0 spiro atoms. The highest BCUT2D eigenvalue weighted by Crippen LogP contribution is 2.28. The second kappa shape index (κ2) is 7.40. The number of benzene rings is 1. The third-order valence-electron chi connectivity index (χ3n) is 5.22. The van der Waals surface area contributed by atoms with E-state index >= 15 is 0 Å². The van der Waals surface area contributed by atoms with E-state index in [9.17, 15) is 4.79 Å². The smallest absolute Gasteiger partial charge is 0.230 e. The van der Waals surface area contributed by atoms with Crippen molar-refractivity contribution in [2.75, 3.05) is 37.5 Å². The Morgan fingerprint density at radius 2 is 2.07 bits per heavy atom. The fourth-order valence-electron chi connectivity index (χ4n) is 3.56. The van der Waals surface area contributed by atoms with Crippen molar-refractivity contribution in [3.05, 3.63) is 48.8 Å². The third-order valence-corrected chi connectivity index (χ3v) is 5.22. The number of pyridine rings is 1. The molecule has 0 atom stereocenters. The fraction of sp³-hybridized carbons (Fsp3) is 0.333. The second-order valence-electron chi connectivity index (χ2n) is 6.87. The number of rotatable bonds is 4. The van der Waals surface area contributed by atoms with Crippen molar-refractivity contribution < 1.29 is 9.53 Å². The molecule has 1 aliphatic heterocycles. The normalized spacial score (nSPS) is 15.0. The molecule has 2 aromatic heterocycles. The number of anilines is 2. The zero-order valence-corrected chi connectivity index (χ0v) is 15.7. The summed E-state index contributed by atoms with van der Waals surface area (Å²) in [4.78, 5) is 19.1. The van der Waals surface area contributed by atoms with Gasteiger partial charge in [-0.2, -0.15) is 0 Å². The van der Waals surface area contributed by atoms with Crippen LogP contribution < -0.4 is 10.2 Å². The average molecular weight is 364 g/mol. The summed E-state index contributed by atoms with van der Waals surface area (Å²) in [5.74, 6) is 0.201. The van der Waals surface area contributed by atoms with Crippen molar-refractivity contribution in [1.29, 1.82) is 0 Å². The molecular formula is C21H24N4O2. The van der Waals surface area contributed by atoms with Crippen LogP contribution >= 0.6 is 0 Å². The molecule has 27 heavy (non-hydrogen) atoms. The Morgan fingerprint density at radius 3 is 2.85 bits per heavy atom. The minimum absolute atomic E-state index is 0.0430. The molecule has 0 aliphatic carbocycles. The minimum atomic E-state index is 0.0430. The van der Waals surface area contributed by atoms with Crippen molar-refractivity contribution in [1.82, 2.24) is 9.38 Å². The number of imidazole rings is 1. The van der Waals surface area contributed by atoms with Crippen LogP contribution in [0.2, 0.25) is 0 Å². The van der Waals surface area contributed by atoms with E-state index in [1.165, 1.54) is 0 Å². The summed E-state index contributed by atoms with van der Waals surface area (Å²) in [5, 5.41) is 3.16. The number of nitrogens with one attached hydrogen (secondary N) is 1. The summed E-state index contributed by atoms with van der Waals surface area (Å²) in [6, 6.07) is 12.0. The number of ether oxygens (including phenoxy) is 1. The van der Waals surface area contributed by atoms with Crippen molar-refractivity contribution in [3.63, 3.8) is 0 Å². The number of fused-ring (bicyclic) bond motifs is 1. The number of amides is 1. The van der Waals surface area contributed by atoms with Gasteiger partial charge in [-0.1, -0.05) is 12.1 Å². The van der Waals surface area contributed by atoms with E-state index in [1.807, 2.05) is 62.9 Å². The number of carbonyl (C=O) groups excluding carboxylic acids is 1. The van der Waals surface area contributed by atoms with Gasteiger partial charge in [-0.25, -0.2) is 4.98 Å². The number of nitrogens with zero attached hydrogens (tertiary/aromatic N) is 3. The Bertz CT molecular complexity index is 960. The van der Waals surface area contributed by atoms with Crippen LogP contribution in [0.3, 0.4) is 0 Å². The average Bonchev–Trinajstić information content (AvgIpc) is 3.16. The van der Waals surface area contributed by atoms with Gasteiger partial charge < -0.3 is 15.0 Å². The first-order valence-corrected chi connectivity index (χ1v) is 9.28. The van der Waals surface area contributed by atoms with Gasteiger partial charge in [-0.15, -0.1) is 0 Å². The molecule has 140 valence electrons. The van der Waals surface area contributed by atoms with Gasteiger partial charge in [-0.05, 0) is 37.1 Å². The lowest BCUT2D eigenvalue weighted by atomic mass is 9.98. The number of aromatic nitrogens is 2. The van der Waals surface area contributed by atoms with Crippen LogP contribution in [0.5, 0.6) is 0 Å². The molecule has 1 aromatic carbocycles. The van der Waals surface area contributed by atoms with Gasteiger partial charge >= 0.3 is 0 Å². The standard InChI is InChI=1S/C21H24N4O2/c1-22-17-6-7-20-23-13-19(25(20)14-17)16-4-3-5-18(12-16)24(2)21(26)15-8-10-27-11-9-15/h3-7,12-15,22H,8-11H2,1-2H3. The second-order valence-corrected chi connectivity index (χ2v) is 6.87. The molecule has 4 rings (SSSR count). The maximum Gasteiger partial charge on any atom is 0.230 e. The van der Waals surface area contributed by atoms with Crippen LogP contribution in [0.4, 0.5) is 11.4 Å². The maximum atomic E-state index is 12.8. The van der Waals surface area contributed by atoms with Gasteiger partial charge in [0.05, 0.1) is 17.6 Å². The van der Waals surface area contributed by atoms with Crippen molar-refractivity contribution >= 4 is 22.9 Å². The molecule has 1 fully saturated rings. The van der Waals surface area contributed by atoms with Gasteiger partial charge in [0.15, 0.2) is 0 Å².